The monoisotopic (exact) mass is 195 g/mol. The van der Waals surface area contributed by atoms with E-state index in [1.165, 1.54) is 26.1 Å². The molecule has 0 radical (unpaired) electrons. The zero-order valence-corrected chi connectivity index (χ0v) is 9.84. The van der Waals surface area contributed by atoms with Crippen molar-refractivity contribution in [2.24, 2.45) is 17.8 Å². The van der Waals surface area contributed by atoms with E-state index < -0.39 is 0 Å². The van der Waals surface area contributed by atoms with E-state index in [4.69, 9.17) is 0 Å². The van der Waals surface area contributed by atoms with Gasteiger partial charge in [-0.1, -0.05) is 20.3 Å². The lowest BCUT2D eigenvalue weighted by Crippen LogP contribution is -2.26. The normalized spacial score (nSPS) is 35.8. The maximum Gasteiger partial charge on any atom is -0.00162 e. The molecule has 2 bridgehead atoms. The van der Waals surface area contributed by atoms with Crippen LogP contribution in [0.3, 0.4) is 0 Å². The summed E-state index contributed by atoms with van der Waals surface area (Å²) in [6, 6.07) is 0. The molecule has 0 spiro atoms. The summed E-state index contributed by atoms with van der Waals surface area (Å²) < 4.78 is 0. The second-order valence-electron chi connectivity index (χ2n) is 5.25. The molecule has 2 rings (SSSR count). The smallest absolute Gasteiger partial charge is 0.00162 e. The highest BCUT2D eigenvalue weighted by atomic mass is 15.1. The molecule has 1 heteroatoms. The zero-order chi connectivity index (χ0) is 9.97. The number of hydrogen-bond donors (Lipinski definition) is 0. The minimum atomic E-state index is 1.09. The number of rotatable bonds is 5. The van der Waals surface area contributed by atoms with E-state index in [0.29, 0.717) is 0 Å². The quantitative estimate of drug-likeness (QED) is 0.651. The summed E-state index contributed by atoms with van der Waals surface area (Å²) in [5.41, 5.74) is 0. The maximum absolute atomic E-state index is 2.58. The van der Waals surface area contributed by atoms with Gasteiger partial charge in [0.25, 0.3) is 0 Å². The van der Waals surface area contributed by atoms with Crippen molar-refractivity contribution in [1.29, 1.82) is 0 Å². The van der Waals surface area contributed by atoms with Gasteiger partial charge in [-0.25, -0.2) is 0 Å². The van der Waals surface area contributed by atoms with E-state index in [9.17, 15) is 0 Å². The molecule has 0 amide bonds. The molecule has 0 aromatic rings. The molecule has 2 saturated carbocycles. The largest absolute Gasteiger partial charge is 0.304 e. The fourth-order valence-electron chi connectivity index (χ4n) is 3.62. The van der Waals surface area contributed by atoms with E-state index in [0.717, 1.165) is 17.8 Å². The zero-order valence-electron chi connectivity index (χ0n) is 9.84. The van der Waals surface area contributed by atoms with Gasteiger partial charge in [0.1, 0.15) is 0 Å². The van der Waals surface area contributed by atoms with Crippen molar-refractivity contribution in [3.63, 3.8) is 0 Å². The van der Waals surface area contributed by atoms with Crippen molar-refractivity contribution in [3.8, 4) is 0 Å². The van der Waals surface area contributed by atoms with Crippen LogP contribution in [0.5, 0.6) is 0 Å². The molecule has 0 aromatic heterocycles. The van der Waals surface area contributed by atoms with E-state index >= 15 is 0 Å². The standard InChI is InChI=1S/C13H25N/c1-3-14(4-2)8-7-13-10-11-5-6-12(13)9-11/h11-13H,3-10H2,1-2H3. The van der Waals surface area contributed by atoms with Crippen molar-refractivity contribution in [2.75, 3.05) is 19.6 Å². The lowest BCUT2D eigenvalue weighted by atomic mass is 9.86. The van der Waals surface area contributed by atoms with Gasteiger partial charge < -0.3 is 4.90 Å². The first kappa shape index (κ1) is 10.5. The second-order valence-corrected chi connectivity index (χ2v) is 5.25. The van der Waals surface area contributed by atoms with Crippen LogP contribution >= 0.6 is 0 Å². The van der Waals surface area contributed by atoms with Crippen molar-refractivity contribution < 1.29 is 0 Å². The molecule has 0 N–H and O–H groups in total. The second kappa shape index (κ2) is 4.65. The molecular formula is C13H25N. The maximum atomic E-state index is 2.58. The molecule has 14 heavy (non-hydrogen) atoms. The van der Waals surface area contributed by atoms with Crippen molar-refractivity contribution >= 4 is 0 Å². The van der Waals surface area contributed by atoms with Crippen LogP contribution in [0.2, 0.25) is 0 Å². The summed E-state index contributed by atoms with van der Waals surface area (Å²) in [6.45, 7) is 8.38. The SMILES string of the molecule is CCN(CC)CCC1CC2CCC1C2. The van der Waals surface area contributed by atoms with Crippen LogP contribution < -0.4 is 0 Å². The van der Waals surface area contributed by atoms with Crippen molar-refractivity contribution in [3.05, 3.63) is 0 Å². The van der Waals surface area contributed by atoms with Gasteiger partial charge in [-0.05, 0) is 63.1 Å². The lowest BCUT2D eigenvalue weighted by molar-refractivity contribution is 0.238. The van der Waals surface area contributed by atoms with Gasteiger partial charge in [0.05, 0.1) is 0 Å². The van der Waals surface area contributed by atoms with Crippen molar-refractivity contribution in [2.45, 2.75) is 46.0 Å². The number of hydrogen-bond acceptors (Lipinski definition) is 1. The van der Waals surface area contributed by atoms with Gasteiger partial charge in [0.2, 0.25) is 0 Å². The highest BCUT2D eigenvalue weighted by Crippen LogP contribution is 2.49. The van der Waals surface area contributed by atoms with Crippen LogP contribution in [0.1, 0.15) is 46.0 Å². The number of nitrogens with zero attached hydrogens (tertiary/aromatic N) is 1. The molecule has 0 heterocycles. The molecule has 82 valence electrons. The van der Waals surface area contributed by atoms with E-state index in [2.05, 4.69) is 18.7 Å². The van der Waals surface area contributed by atoms with Crippen LogP contribution in [0.25, 0.3) is 0 Å². The van der Waals surface area contributed by atoms with Crippen LogP contribution in [0.15, 0.2) is 0 Å². The van der Waals surface area contributed by atoms with E-state index in [-0.39, 0.29) is 0 Å². The van der Waals surface area contributed by atoms with Gasteiger partial charge in [0.15, 0.2) is 0 Å². The summed E-state index contributed by atoms with van der Waals surface area (Å²) in [7, 11) is 0. The van der Waals surface area contributed by atoms with Gasteiger partial charge in [0, 0.05) is 0 Å². The molecule has 3 atom stereocenters. The van der Waals surface area contributed by atoms with Crippen molar-refractivity contribution in [1.82, 2.24) is 4.90 Å². The minimum absolute atomic E-state index is 1.09. The Bertz CT molecular complexity index is 174. The summed E-state index contributed by atoms with van der Waals surface area (Å²) in [4.78, 5) is 2.58. The first-order chi connectivity index (χ1) is 6.83. The van der Waals surface area contributed by atoms with Gasteiger partial charge in [-0.3, -0.25) is 0 Å². The van der Waals surface area contributed by atoms with Gasteiger partial charge in [-0.15, -0.1) is 0 Å². The topological polar surface area (TPSA) is 3.24 Å². The first-order valence-electron chi connectivity index (χ1n) is 6.55. The third-order valence-corrected chi connectivity index (χ3v) is 4.60. The van der Waals surface area contributed by atoms with E-state index in [1.54, 1.807) is 25.7 Å². The Morgan fingerprint density at radius 2 is 1.86 bits per heavy atom. The fraction of sp³-hybridized carbons (Fsp3) is 1.00. The summed E-state index contributed by atoms with van der Waals surface area (Å²) in [5.74, 6) is 3.34. The first-order valence-corrected chi connectivity index (χ1v) is 6.55. The Morgan fingerprint density at radius 3 is 2.36 bits per heavy atom. The third kappa shape index (κ3) is 2.13. The van der Waals surface area contributed by atoms with Crippen LogP contribution in [0.4, 0.5) is 0 Å². The molecule has 2 aliphatic rings. The van der Waals surface area contributed by atoms with Crippen LogP contribution in [-0.2, 0) is 0 Å². The molecule has 0 aliphatic heterocycles. The minimum Gasteiger partial charge on any atom is -0.304 e. The Labute approximate surface area is 88.9 Å². The summed E-state index contributed by atoms with van der Waals surface area (Å²) in [5, 5.41) is 0. The molecular weight excluding hydrogens is 170 g/mol. The Balaban J connectivity index is 1.71. The third-order valence-electron chi connectivity index (χ3n) is 4.60. The highest BCUT2D eigenvalue weighted by molar-refractivity contribution is 4.90. The van der Waals surface area contributed by atoms with Crippen LogP contribution in [0, 0.1) is 17.8 Å². The molecule has 2 fully saturated rings. The number of fused-ring (bicyclic) bond motifs is 2. The fourth-order valence-corrected chi connectivity index (χ4v) is 3.62. The average Bonchev–Trinajstić information content (AvgIpc) is 2.80. The average molecular weight is 195 g/mol. The van der Waals surface area contributed by atoms with Gasteiger partial charge in [-0.2, -0.15) is 0 Å². The summed E-state index contributed by atoms with van der Waals surface area (Å²) in [6.07, 6.45) is 7.71. The molecule has 3 unspecified atom stereocenters. The van der Waals surface area contributed by atoms with Crippen LogP contribution in [-0.4, -0.2) is 24.5 Å². The highest BCUT2D eigenvalue weighted by Gasteiger charge is 2.38. The van der Waals surface area contributed by atoms with Gasteiger partial charge >= 0.3 is 0 Å². The predicted octanol–water partition coefficient (Wildman–Crippen LogP) is 3.15. The molecule has 0 saturated heterocycles. The summed E-state index contributed by atoms with van der Waals surface area (Å²) >= 11 is 0. The Morgan fingerprint density at radius 1 is 1.07 bits per heavy atom. The molecule has 0 aromatic carbocycles. The molecule has 2 aliphatic carbocycles. The van der Waals surface area contributed by atoms with E-state index in [1.807, 2.05) is 0 Å². The molecule has 1 nitrogen and oxygen atoms in total. The predicted molar refractivity (Wildman–Crippen MR) is 61.3 cm³/mol. The Hall–Kier alpha value is -0.0400. The Kier molecular flexibility index (Phi) is 3.48. The lowest BCUT2D eigenvalue weighted by Gasteiger charge is -2.25.